The highest BCUT2D eigenvalue weighted by molar-refractivity contribution is 6.30. The number of nitrogens with one attached hydrogen (secondary N) is 2. The molecule has 0 saturated heterocycles. The Labute approximate surface area is 100 Å². The molecule has 1 rings (SSSR count). The Kier molecular flexibility index (Phi) is 5.61. The number of carbonyl (C=O) groups excluding carboxylic acids is 1. The molecule has 0 radical (unpaired) electrons. The van der Waals surface area contributed by atoms with Gasteiger partial charge in [-0.3, -0.25) is 4.79 Å². The molecule has 0 aromatic heterocycles. The largest absolute Gasteiger partial charge is 0.352 e. The second kappa shape index (κ2) is 7.04. The number of carbonyl (C=O) groups is 1. The lowest BCUT2D eigenvalue weighted by molar-refractivity contribution is -0.120. The van der Waals surface area contributed by atoms with Crippen molar-refractivity contribution in [3.8, 4) is 0 Å². The number of hydrogen-bond donors (Lipinski definition) is 2. The molecule has 86 valence electrons. The van der Waals surface area contributed by atoms with Gasteiger partial charge in [0.05, 0.1) is 6.54 Å². The van der Waals surface area contributed by atoms with Crippen molar-refractivity contribution in [2.24, 2.45) is 0 Å². The lowest BCUT2D eigenvalue weighted by atomic mass is 10.2. The van der Waals surface area contributed by atoms with Gasteiger partial charge in [0.1, 0.15) is 0 Å². The Balaban J connectivity index is 2.22. The maximum atomic E-state index is 11.2. The van der Waals surface area contributed by atoms with Crippen molar-refractivity contribution in [2.75, 3.05) is 13.1 Å². The summed E-state index contributed by atoms with van der Waals surface area (Å²) in [6, 6.07) is 7.51. The first-order chi connectivity index (χ1) is 7.72. The summed E-state index contributed by atoms with van der Waals surface area (Å²) in [6.45, 7) is 4.98. The number of rotatable bonds is 6. The van der Waals surface area contributed by atoms with Crippen LogP contribution in [0.15, 0.2) is 36.9 Å². The molecule has 0 saturated carbocycles. The van der Waals surface area contributed by atoms with Crippen LogP contribution in [0.3, 0.4) is 0 Å². The topological polar surface area (TPSA) is 41.1 Å². The van der Waals surface area contributed by atoms with Crippen LogP contribution in [-0.2, 0) is 11.3 Å². The summed E-state index contributed by atoms with van der Waals surface area (Å²) in [5.74, 6) is -0.0335. The van der Waals surface area contributed by atoms with E-state index in [0.717, 1.165) is 5.56 Å². The van der Waals surface area contributed by atoms with Gasteiger partial charge in [-0.15, -0.1) is 6.58 Å². The molecule has 0 unspecified atom stereocenters. The van der Waals surface area contributed by atoms with Gasteiger partial charge in [-0.2, -0.15) is 0 Å². The van der Waals surface area contributed by atoms with Gasteiger partial charge in [-0.25, -0.2) is 0 Å². The monoisotopic (exact) mass is 238 g/mol. The number of halogens is 1. The zero-order valence-electron chi connectivity index (χ0n) is 9.00. The maximum absolute atomic E-state index is 11.2. The molecule has 16 heavy (non-hydrogen) atoms. The van der Waals surface area contributed by atoms with Crippen LogP contribution >= 0.6 is 11.6 Å². The fourth-order valence-electron chi connectivity index (χ4n) is 1.17. The quantitative estimate of drug-likeness (QED) is 0.742. The molecule has 2 N–H and O–H groups in total. The molecular formula is C12H15ClN2O. The van der Waals surface area contributed by atoms with Crippen LogP contribution < -0.4 is 10.6 Å². The molecule has 0 aliphatic heterocycles. The fourth-order valence-corrected chi connectivity index (χ4v) is 1.30. The maximum Gasteiger partial charge on any atom is 0.234 e. The van der Waals surface area contributed by atoms with Crippen LogP contribution in [-0.4, -0.2) is 19.0 Å². The third-order valence-corrected chi connectivity index (χ3v) is 2.22. The molecule has 1 aromatic carbocycles. The second-order valence-corrected chi connectivity index (χ2v) is 3.76. The number of benzene rings is 1. The van der Waals surface area contributed by atoms with Crippen molar-refractivity contribution >= 4 is 17.5 Å². The highest BCUT2D eigenvalue weighted by Crippen LogP contribution is 2.08. The van der Waals surface area contributed by atoms with E-state index in [-0.39, 0.29) is 5.91 Å². The van der Waals surface area contributed by atoms with Crippen LogP contribution in [0.1, 0.15) is 5.56 Å². The molecule has 0 bridgehead atoms. The molecule has 1 aromatic rings. The summed E-state index contributed by atoms with van der Waals surface area (Å²) >= 11 is 5.76. The Bertz CT molecular complexity index is 349. The normalized spacial score (nSPS) is 9.81. The van der Waals surface area contributed by atoms with Crippen molar-refractivity contribution in [2.45, 2.75) is 6.54 Å². The van der Waals surface area contributed by atoms with Gasteiger partial charge in [-0.05, 0) is 17.7 Å². The molecule has 3 nitrogen and oxygen atoms in total. The molecule has 0 fully saturated rings. The number of hydrogen-bond acceptors (Lipinski definition) is 2. The fraction of sp³-hybridized carbons (Fsp3) is 0.250. The zero-order valence-corrected chi connectivity index (χ0v) is 9.76. The summed E-state index contributed by atoms with van der Waals surface area (Å²) in [6.07, 6.45) is 1.65. The summed E-state index contributed by atoms with van der Waals surface area (Å²) in [5.41, 5.74) is 1.10. The van der Waals surface area contributed by atoms with Crippen molar-refractivity contribution in [3.05, 3.63) is 47.5 Å². The van der Waals surface area contributed by atoms with E-state index >= 15 is 0 Å². The molecular weight excluding hydrogens is 224 g/mol. The zero-order chi connectivity index (χ0) is 11.8. The van der Waals surface area contributed by atoms with Crippen molar-refractivity contribution in [1.29, 1.82) is 0 Å². The average molecular weight is 239 g/mol. The standard InChI is InChI=1S/C12H15ClN2O/c1-2-7-15-12(16)9-14-8-10-3-5-11(13)6-4-10/h2-6,14H,1,7-9H2,(H,15,16). The Morgan fingerprint density at radius 1 is 1.38 bits per heavy atom. The van der Waals surface area contributed by atoms with Gasteiger partial charge < -0.3 is 10.6 Å². The molecule has 0 spiro atoms. The Hall–Kier alpha value is -1.32. The molecule has 1 amide bonds. The number of amides is 1. The smallest absolute Gasteiger partial charge is 0.234 e. The van der Waals surface area contributed by atoms with Crippen LogP contribution in [0.4, 0.5) is 0 Å². The summed E-state index contributed by atoms with van der Waals surface area (Å²) in [5, 5.41) is 6.44. The van der Waals surface area contributed by atoms with E-state index in [4.69, 9.17) is 11.6 Å². The first-order valence-electron chi connectivity index (χ1n) is 5.05. The SMILES string of the molecule is C=CCNC(=O)CNCc1ccc(Cl)cc1. The summed E-state index contributed by atoms with van der Waals surface area (Å²) in [7, 11) is 0. The van der Waals surface area contributed by atoms with E-state index in [1.54, 1.807) is 6.08 Å². The van der Waals surface area contributed by atoms with Gasteiger partial charge in [0.15, 0.2) is 0 Å². The van der Waals surface area contributed by atoms with Gasteiger partial charge in [-0.1, -0.05) is 29.8 Å². The lowest BCUT2D eigenvalue weighted by Crippen LogP contribution is -2.33. The summed E-state index contributed by atoms with van der Waals surface area (Å²) < 4.78 is 0. The Morgan fingerprint density at radius 2 is 2.06 bits per heavy atom. The van der Waals surface area contributed by atoms with E-state index in [1.165, 1.54) is 0 Å². The predicted octanol–water partition coefficient (Wildman–Crippen LogP) is 1.73. The summed E-state index contributed by atoms with van der Waals surface area (Å²) in [4.78, 5) is 11.2. The second-order valence-electron chi connectivity index (χ2n) is 3.32. The van der Waals surface area contributed by atoms with E-state index in [0.29, 0.717) is 24.7 Å². The average Bonchev–Trinajstić information content (AvgIpc) is 2.29. The molecule has 0 heterocycles. The first-order valence-corrected chi connectivity index (χ1v) is 5.43. The van der Waals surface area contributed by atoms with E-state index < -0.39 is 0 Å². The minimum atomic E-state index is -0.0335. The van der Waals surface area contributed by atoms with Gasteiger partial charge in [0.2, 0.25) is 5.91 Å². The highest BCUT2D eigenvalue weighted by Gasteiger charge is 1.98. The van der Waals surface area contributed by atoms with Crippen molar-refractivity contribution < 1.29 is 4.79 Å². The lowest BCUT2D eigenvalue weighted by Gasteiger charge is -2.05. The highest BCUT2D eigenvalue weighted by atomic mass is 35.5. The predicted molar refractivity (Wildman–Crippen MR) is 66.4 cm³/mol. The van der Waals surface area contributed by atoms with Gasteiger partial charge in [0, 0.05) is 18.1 Å². The van der Waals surface area contributed by atoms with Crippen LogP contribution in [0.5, 0.6) is 0 Å². The van der Waals surface area contributed by atoms with Crippen molar-refractivity contribution in [3.63, 3.8) is 0 Å². The van der Waals surface area contributed by atoms with E-state index in [2.05, 4.69) is 17.2 Å². The molecule has 4 heteroatoms. The minimum absolute atomic E-state index is 0.0335. The van der Waals surface area contributed by atoms with Crippen molar-refractivity contribution in [1.82, 2.24) is 10.6 Å². The molecule has 0 aliphatic carbocycles. The van der Waals surface area contributed by atoms with Gasteiger partial charge >= 0.3 is 0 Å². The molecule has 0 aliphatic rings. The van der Waals surface area contributed by atoms with E-state index in [9.17, 15) is 4.79 Å². The van der Waals surface area contributed by atoms with Crippen LogP contribution in [0.25, 0.3) is 0 Å². The third-order valence-electron chi connectivity index (χ3n) is 1.97. The van der Waals surface area contributed by atoms with E-state index in [1.807, 2.05) is 24.3 Å². The minimum Gasteiger partial charge on any atom is -0.352 e. The Morgan fingerprint density at radius 3 is 2.69 bits per heavy atom. The van der Waals surface area contributed by atoms with Crippen LogP contribution in [0, 0.1) is 0 Å². The van der Waals surface area contributed by atoms with Crippen LogP contribution in [0.2, 0.25) is 5.02 Å². The van der Waals surface area contributed by atoms with Gasteiger partial charge in [0.25, 0.3) is 0 Å². The first kappa shape index (κ1) is 12.7. The third kappa shape index (κ3) is 4.96. The molecule has 0 atom stereocenters.